The Morgan fingerprint density at radius 3 is 2.42 bits per heavy atom. The number of aliphatic hydroxyl groups excluding tert-OH is 1. The maximum Gasteiger partial charge on any atom is 0.257 e. The third-order valence-electron chi connectivity index (χ3n) is 6.58. The first-order valence-corrected chi connectivity index (χ1v) is 15.6. The van der Waals surface area contributed by atoms with Crippen molar-refractivity contribution in [3.63, 3.8) is 0 Å². The fourth-order valence-corrected chi connectivity index (χ4v) is 6.72. The van der Waals surface area contributed by atoms with E-state index in [1.54, 1.807) is 24.0 Å². The minimum Gasteiger partial charge on any atom is -0.390 e. The lowest BCUT2D eigenvalue weighted by molar-refractivity contribution is 0.102. The molecule has 1 aromatic heterocycles. The van der Waals surface area contributed by atoms with Crippen molar-refractivity contribution in [2.75, 3.05) is 40.9 Å². The minimum absolute atomic E-state index is 0.0150. The van der Waals surface area contributed by atoms with Gasteiger partial charge in [-0.05, 0) is 55.8 Å². The molecule has 14 heteroatoms. The Bertz CT molecular complexity index is 1690. The van der Waals surface area contributed by atoms with Crippen molar-refractivity contribution >= 4 is 43.1 Å². The van der Waals surface area contributed by atoms with Crippen LogP contribution >= 0.6 is 0 Å². The third kappa shape index (κ3) is 6.06. The Kier molecular flexibility index (Phi) is 8.10. The summed E-state index contributed by atoms with van der Waals surface area (Å²) in [5.74, 6) is -0.307. The number of hydrogen-bond acceptors (Lipinski definition) is 10. The molecule has 40 heavy (non-hydrogen) atoms. The van der Waals surface area contributed by atoms with Crippen LogP contribution in [0.3, 0.4) is 0 Å². The number of sulfonamides is 1. The van der Waals surface area contributed by atoms with Gasteiger partial charge in [-0.15, -0.1) is 0 Å². The zero-order valence-corrected chi connectivity index (χ0v) is 23.6. The molecule has 1 saturated heterocycles. The summed E-state index contributed by atoms with van der Waals surface area (Å²) >= 11 is 0. The minimum atomic E-state index is -3.93. The first-order chi connectivity index (χ1) is 18.8. The number of benzene rings is 2. The summed E-state index contributed by atoms with van der Waals surface area (Å²) < 4.78 is 51.7. The molecule has 0 bridgehead atoms. The summed E-state index contributed by atoms with van der Waals surface area (Å²) in [6.07, 6.45) is -0.0787. The predicted molar refractivity (Wildman–Crippen MR) is 149 cm³/mol. The Labute approximate surface area is 232 Å². The van der Waals surface area contributed by atoms with Crippen molar-refractivity contribution in [3.8, 4) is 6.07 Å². The summed E-state index contributed by atoms with van der Waals surface area (Å²) in [5, 5.41) is 21.5. The van der Waals surface area contributed by atoms with Gasteiger partial charge in [0.15, 0.2) is 9.84 Å². The number of hydrogen-bond donors (Lipinski definition) is 2. The van der Waals surface area contributed by atoms with E-state index in [0.717, 1.165) is 10.6 Å². The molecule has 0 spiro atoms. The highest BCUT2D eigenvalue weighted by Crippen LogP contribution is 2.28. The van der Waals surface area contributed by atoms with E-state index in [2.05, 4.69) is 15.3 Å². The Morgan fingerprint density at radius 1 is 1.12 bits per heavy atom. The van der Waals surface area contributed by atoms with E-state index in [-0.39, 0.29) is 47.3 Å². The molecule has 2 aromatic carbocycles. The van der Waals surface area contributed by atoms with Gasteiger partial charge in [0, 0.05) is 31.5 Å². The number of aliphatic hydroxyl groups is 1. The molecule has 1 aliphatic heterocycles. The SMILES string of the molecule is Cc1cc(C#N)nc(N2CC[C@@H](S(=O)(=O)c3ccc(NC(=O)c4ccccc4N(C)S(C)(=O)=O)cc3)[C@H](O)C2)n1. The van der Waals surface area contributed by atoms with Crippen LogP contribution in [0.15, 0.2) is 59.5 Å². The lowest BCUT2D eigenvalue weighted by atomic mass is 10.1. The zero-order chi connectivity index (χ0) is 29.2. The van der Waals surface area contributed by atoms with Crippen LogP contribution in [0.5, 0.6) is 0 Å². The summed E-state index contributed by atoms with van der Waals surface area (Å²) in [4.78, 5) is 23.0. The van der Waals surface area contributed by atoms with Gasteiger partial charge in [-0.25, -0.2) is 26.8 Å². The number of amides is 1. The second kappa shape index (κ2) is 11.2. The molecule has 12 nitrogen and oxygen atoms in total. The normalized spacial score (nSPS) is 17.6. The topological polar surface area (TPSA) is 174 Å². The highest BCUT2D eigenvalue weighted by Gasteiger charge is 2.39. The van der Waals surface area contributed by atoms with Crippen LogP contribution in [0.1, 0.15) is 28.2 Å². The Balaban J connectivity index is 1.48. The van der Waals surface area contributed by atoms with Crippen molar-refractivity contribution in [1.29, 1.82) is 5.26 Å². The molecule has 2 atom stereocenters. The maximum atomic E-state index is 13.4. The largest absolute Gasteiger partial charge is 0.390 e. The molecule has 2 heterocycles. The Hall–Kier alpha value is -4.06. The number of aromatic nitrogens is 2. The molecule has 2 N–H and O–H groups in total. The number of β-amino-alcohol motifs (C(OH)–C–C–N with tert-alkyl or cyclic N) is 1. The van der Waals surface area contributed by atoms with Crippen LogP contribution < -0.4 is 14.5 Å². The fraction of sp³-hybridized carbons (Fsp3) is 0.308. The average molecular weight is 585 g/mol. The molecule has 1 amide bonds. The summed E-state index contributed by atoms with van der Waals surface area (Å²) in [6, 6.07) is 15.3. The number of para-hydroxylation sites is 1. The van der Waals surface area contributed by atoms with E-state index in [4.69, 9.17) is 5.26 Å². The lowest BCUT2D eigenvalue weighted by Gasteiger charge is -2.35. The summed E-state index contributed by atoms with van der Waals surface area (Å²) in [5.41, 5.74) is 1.40. The van der Waals surface area contributed by atoms with E-state index in [9.17, 15) is 26.7 Å². The van der Waals surface area contributed by atoms with Crippen molar-refractivity contribution < 1.29 is 26.7 Å². The standard InChI is InChI=1S/C26H28N6O6S2/c1-17-14-19(15-27)30-26(28-17)32-13-12-24(23(33)16-32)40(37,38)20-10-8-18(9-11-20)29-25(34)21-6-4-5-7-22(21)31(2)39(3,35)36/h4-11,14,23-24,33H,12-13,16H2,1-3H3,(H,29,34)/t23-,24-/m1/s1. The molecular weight excluding hydrogens is 556 g/mol. The van der Waals surface area contributed by atoms with Gasteiger partial charge in [-0.3, -0.25) is 9.10 Å². The van der Waals surface area contributed by atoms with E-state index < -0.39 is 37.1 Å². The molecule has 4 rings (SSSR count). The van der Waals surface area contributed by atoms with Gasteiger partial charge >= 0.3 is 0 Å². The van der Waals surface area contributed by atoms with Gasteiger partial charge in [0.25, 0.3) is 5.91 Å². The highest BCUT2D eigenvalue weighted by molar-refractivity contribution is 7.92. The number of sulfone groups is 1. The van der Waals surface area contributed by atoms with Crippen LogP contribution in [0, 0.1) is 18.3 Å². The number of anilines is 3. The van der Waals surface area contributed by atoms with E-state index in [1.165, 1.54) is 49.5 Å². The third-order valence-corrected chi connectivity index (χ3v) is 10.1. The molecule has 0 unspecified atom stereocenters. The van der Waals surface area contributed by atoms with E-state index >= 15 is 0 Å². The summed E-state index contributed by atoms with van der Waals surface area (Å²) in [6.45, 7) is 1.97. The first-order valence-electron chi connectivity index (χ1n) is 12.2. The Morgan fingerprint density at radius 2 is 1.80 bits per heavy atom. The van der Waals surface area contributed by atoms with Crippen LogP contribution in [0.25, 0.3) is 0 Å². The van der Waals surface area contributed by atoms with Crippen molar-refractivity contribution in [2.24, 2.45) is 0 Å². The molecule has 1 aliphatic rings. The van der Waals surface area contributed by atoms with Crippen molar-refractivity contribution in [1.82, 2.24) is 9.97 Å². The number of aryl methyl sites for hydroxylation is 1. The molecule has 0 saturated carbocycles. The highest BCUT2D eigenvalue weighted by atomic mass is 32.2. The van der Waals surface area contributed by atoms with Gasteiger partial charge in [0.2, 0.25) is 16.0 Å². The molecular formula is C26H28N6O6S2. The number of piperidine rings is 1. The van der Waals surface area contributed by atoms with Crippen LogP contribution in [0.2, 0.25) is 0 Å². The molecule has 3 aromatic rings. The van der Waals surface area contributed by atoms with Gasteiger partial charge in [-0.1, -0.05) is 12.1 Å². The summed E-state index contributed by atoms with van der Waals surface area (Å²) in [7, 11) is -6.18. The smallest absolute Gasteiger partial charge is 0.257 e. The molecule has 210 valence electrons. The first kappa shape index (κ1) is 28.9. The number of carbonyl (C=O) groups excluding carboxylic acids is 1. The molecule has 0 aliphatic carbocycles. The number of nitriles is 1. The number of nitrogens with zero attached hydrogens (tertiary/aromatic N) is 5. The second-order valence-electron chi connectivity index (χ2n) is 9.42. The van der Waals surface area contributed by atoms with Gasteiger partial charge < -0.3 is 15.3 Å². The van der Waals surface area contributed by atoms with Gasteiger partial charge in [0.1, 0.15) is 11.8 Å². The predicted octanol–water partition coefficient (Wildman–Crippen LogP) is 1.72. The molecule has 0 radical (unpaired) electrons. The van der Waals surface area contributed by atoms with Crippen LogP contribution in [-0.4, -0.2) is 75.6 Å². The maximum absolute atomic E-state index is 13.4. The number of rotatable bonds is 7. The van der Waals surface area contributed by atoms with E-state index in [0.29, 0.717) is 11.4 Å². The van der Waals surface area contributed by atoms with Crippen molar-refractivity contribution in [2.45, 2.75) is 29.6 Å². The second-order valence-corrected chi connectivity index (χ2v) is 13.6. The average Bonchev–Trinajstić information content (AvgIpc) is 2.91. The fourth-order valence-electron chi connectivity index (χ4n) is 4.43. The quantitative estimate of drug-likeness (QED) is 0.416. The zero-order valence-electron chi connectivity index (χ0n) is 22.0. The number of carbonyl (C=O) groups is 1. The van der Waals surface area contributed by atoms with E-state index in [1.807, 2.05) is 6.07 Å². The van der Waals surface area contributed by atoms with Gasteiger partial charge in [-0.2, -0.15) is 5.26 Å². The lowest BCUT2D eigenvalue weighted by Crippen LogP contribution is -2.50. The molecule has 1 fully saturated rings. The van der Waals surface area contributed by atoms with Crippen LogP contribution in [-0.2, 0) is 19.9 Å². The van der Waals surface area contributed by atoms with Gasteiger partial charge in [0.05, 0.1) is 33.8 Å². The number of nitrogens with one attached hydrogen (secondary N) is 1. The van der Waals surface area contributed by atoms with Crippen molar-refractivity contribution in [3.05, 3.63) is 71.5 Å². The van der Waals surface area contributed by atoms with Crippen LogP contribution in [0.4, 0.5) is 17.3 Å². The monoisotopic (exact) mass is 584 g/mol.